The number of nitro groups is 1. The van der Waals surface area contributed by atoms with Crippen molar-refractivity contribution in [3.8, 4) is 11.3 Å². The Balaban J connectivity index is 1.65. The van der Waals surface area contributed by atoms with Gasteiger partial charge in [0, 0.05) is 33.1 Å². The lowest BCUT2D eigenvalue weighted by Gasteiger charge is -2.09. The van der Waals surface area contributed by atoms with Crippen molar-refractivity contribution in [1.29, 1.82) is 0 Å². The minimum Gasteiger partial charge on any atom is -0.267 e. The fourth-order valence-corrected chi connectivity index (χ4v) is 3.34. The van der Waals surface area contributed by atoms with Gasteiger partial charge in [0.25, 0.3) is 11.6 Å². The van der Waals surface area contributed by atoms with Crippen LogP contribution in [0.2, 0.25) is 0 Å². The van der Waals surface area contributed by atoms with E-state index < -0.39 is 10.8 Å². The van der Waals surface area contributed by atoms with Crippen LogP contribution in [0.4, 0.5) is 5.69 Å². The van der Waals surface area contributed by atoms with Gasteiger partial charge in [-0.2, -0.15) is 5.10 Å². The SMILES string of the molecule is O=C(N/N=C\c1cccc([N+](=O)[O-])c1)c1cc(-c2ccc(Br)cc2)nc2ccccc12. The fourth-order valence-electron chi connectivity index (χ4n) is 3.08. The summed E-state index contributed by atoms with van der Waals surface area (Å²) < 4.78 is 0.950. The number of benzene rings is 3. The number of hydrogen-bond donors (Lipinski definition) is 1. The number of nitro benzene ring substituents is 1. The third-order valence-corrected chi connectivity index (χ3v) is 5.09. The predicted octanol–water partition coefficient (Wildman–Crippen LogP) is 5.34. The second-order valence-electron chi connectivity index (χ2n) is 6.63. The maximum Gasteiger partial charge on any atom is 0.272 e. The molecule has 0 aliphatic rings. The van der Waals surface area contributed by atoms with E-state index in [-0.39, 0.29) is 5.69 Å². The highest BCUT2D eigenvalue weighted by Crippen LogP contribution is 2.26. The van der Waals surface area contributed by atoms with E-state index >= 15 is 0 Å². The standard InChI is InChI=1S/C23H15BrN4O3/c24-17-10-8-16(9-11-17)22-13-20(19-6-1-2-7-21(19)26-22)23(29)27-25-14-15-4-3-5-18(12-15)28(30)31/h1-14H,(H,27,29)/b25-14-. The summed E-state index contributed by atoms with van der Waals surface area (Å²) in [7, 11) is 0. The summed E-state index contributed by atoms with van der Waals surface area (Å²) in [6.07, 6.45) is 1.36. The third-order valence-electron chi connectivity index (χ3n) is 4.56. The highest BCUT2D eigenvalue weighted by molar-refractivity contribution is 9.10. The van der Waals surface area contributed by atoms with Crippen LogP contribution in [0.1, 0.15) is 15.9 Å². The molecule has 3 aromatic carbocycles. The molecule has 8 heteroatoms. The zero-order valence-electron chi connectivity index (χ0n) is 16.0. The average Bonchev–Trinajstić information content (AvgIpc) is 2.79. The number of nitrogens with zero attached hydrogens (tertiary/aromatic N) is 3. The Hall–Kier alpha value is -3.91. The van der Waals surface area contributed by atoms with Crippen molar-refractivity contribution in [2.75, 3.05) is 0 Å². The lowest BCUT2D eigenvalue weighted by molar-refractivity contribution is -0.384. The third kappa shape index (κ3) is 4.65. The van der Waals surface area contributed by atoms with Crippen molar-refractivity contribution in [2.45, 2.75) is 0 Å². The molecule has 1 amide bonds. The van der Waals surface area contributed by atoms with Crippen LogP contribution in [0.25, 0.3) is 22.2 Å². The maximum atomic E-state index is 12.9. The molecule has 0 saturated carbocycles. The van der Waals surface area contributed by atoms with Crippen molar-refractivity contribution in [3.05, 3.63) is 105 Å². The smallest absolute Gasteiger partial charge is 0.267 e. The molecular formula is C23H15BrN4O3. The molecule has 0 fully saturated rings. The van der Waals surface area contributed by atoms with Crippen LogP contribution in [-0.2, 0) is 0 Å². The van der Waals surface area contributed by atoms with Crippen LogP contribution in [-0.4, -0.2) is 22.0 Å². The molecule has 152 valence electrons. The Kier molecular flexibility index (Phi) is 5.81. The summed E-state index contributed by atoms with van der Waals surface area (Å²) in [5, 5.41) is 15.6. The van der Waals surface area contributed by atoms with Gasteiger partial charge in [0.15, 0.2) is 0 Å². The second-order valence-corrected chi connectivity index (χ2v) is 7.55. The normalized spacial score (nSPS) is 11.0. The van der Waals surface area contributed by atoms with Gasteiger partial charge < -0.3 is 0 Å². The number of hydrogen-bond acceptors (Lipinski definition) is 5. The monoisotopic (exact) mass is 474 g/mol. The number of fused-ring (bicyclic) bond motifs is 1. The molecule has 1 N–H and O–H groups in total. The number of carbonyl (C=O) groups is 1. The molecule has 1 heterocycles. The summed E-state index contributed by atoms with van der Waals surface area (Å²) in [4.78, 5) is 28.0. The molecule has 0 aliphatic carbocycles. The van der Waals surface area contributed by atoms with Gasteiger partial charge in [-0.05, 0) is 24.3 Å². The zero-order valence-corrected chi connectivity index (χ0v) is 17.6. The average molecular weight is 475 g/mol. The number of para-hydroxylation sites is 1. The van der Waals surface area contributed by atoms with E-state index in [2.05, 4.69) is 31.4 Å². The minimum atomic E-state index is -0.483. The van der Waals surface area contributed by atoms with E-state index in [1.54, 1.807) is 18.2 Å². The van der Waals surface area contributed by atoms with Gasteiger partial charge in [-0.25, -0.2) is 10.4 Å². The molecule has 0 spiro atoms. The van der Waals surface area contributed by atoms with Crippen LogP contribution in [0.15, 0.2) is 88.4 Å². The van der Waals surface area contributed by atoms with Gasteiger partial charge in [0.05, 0.1) is 27.9 Å². The Bertz CT molecular complexity index is 1320. The van der Waals surface area contributed by atoms with E-state index in [9.17, 15) is 14.9 Å². The van der Waals surface area contributed by atoms with Gasteiger partial charge in [-0.15, -0.1) is 0 Å². The van der Waals surface area contributed by atoms with Crippen LogP contribution < -0.4 is 5.43 Å². The summed E-state index contributed by atoms with van der Waals surface area (Å²) in [6, 6.07) is 22.8. The van der Waals surface area contributed by atoms with Crippen molar-refractivity contribution in [1.82, 2.24) is 10.4 Å². The van der Waals surface area contributed by atoms with Crippen LogP contribution in [0.5, 0.6) is 0 Å². The van der Waals surface area contributed by atoms with Crippen molar-refractivity contribution in [2.24, 2.45) is 5.10 Å². The lowest BCUT2D eigenvalue weighted by atomic mass is 10.0. The number of nitrogens with one attached hydrogen (secondary N) is 1. The zero-order chi connectivity index (χ0) is 21.8. The molecule has 0 aliphatic heterocycles. The molecular weight excluding hydrogens is 460 g/mol. The molecule has 0 unspecified atom stereocenters. The molecule has 4 aromatic rings. The van der Waals surface area contributed by atoms with Gasteiger partial charge in [-0.1, -0.05) is 58.4 Å². The van der Waals surface area contributed by atoms with Crippen molar-refractivity contribution >= 4 is 44.6 Å². The number of pyridine rings is 1. The largest absolute Gasteiger partial charge is 0.272 e. The first-order chi connectivity index (χ1) is 15.0. The number of carbonyl (C=O) groups excluding carboxylic acids is 1. The number of amides is 1. The molecule has 31 heavy (non-hydrogen) atoms. The number of non-ortho nitro benzene ring substituents is 1. The maximum absolute atomic E-state index is 12.9. The fraction of sp³-hybridized carbons (Fsp3) is 0. The van der Waals surface area contributed by atoms with E-state index in [1.165, 1.54) is 18.3 Å². The molecule has 1 aromatic heterocycles. The van der Waals surface area contributed by atoms with Gasteiger partial charge in [0.1, 0.15) is 0 Å². The number of hydrazone groups is 1. The first kappa shape index (κ1) is 20.4. The van der Waals surface area contributed by atoms with Gasteiger partial charge in [-0.3, -0.25) is 14.9 Å². The Morgan fingerprint density at radius 3 is 2.58 bits per heavy atom. The van der Waals surface area contributed by atoms with E-state index in [0.717, 1.165) is 10.0 Å². The summed E-state index contributed by atoms with van der Waals surface area (Å²) >= 11 is 3.42. The van der Waals surface area contributed by atoms with Crippen LogP contribution in [0, 0.1) is 10.1 Å². The van der Waals surface area contributed by atoms with Crippen LogP contribution in [0.3, 0.4) is 0 Å². The Morgan fingerprint density at radius 1 is 1.03 bits per heavy atom. The van der Waals surface area contributed by atoms with E-state index in [1.807, 2.05) is 48.5 Å². The second kappa shape index (κ2) is 8.85. The molecule has 7 nitrogen and oxygen atoms in total. The quantitative estimate of drug-likeness (QED) is 0.240. The lowest BCUT2D eigenvalue weighted by Crippen LogP contribution is -2.18. The number of rotatable bonds is 5. The number of aromatic nitrogens is 1. The highest BCUT2D eigenvalue weighted by Gasteiger charge is 2.13. The first-order valence-corrected chi connectivity index (χ1v) is 10.0. The van der Waals surface area contributed by atoms with E-state index in [4.69, 9.17) is 0 Å². The van der Waals surface area contributed by atoms with Gasteiger partial charge >= 0.3 is 0 Å². The summed E-state index contributed by atoms with van der Waals surface area (Å²) in [6.45, 7) is 0. The molecule has 4 rings (SSSR count). The molecule has 0 saturated heterocycles. The number of halogens is 1. The first-order valence-electron chi connectivity index (χ1n) is 9.25. The summed E-state index contributed by atoms with van der Waals surface area (Å²) in [5.41, 5.74) is 5.62. The molecule has 0 atom stereocenters. The Morgan fingerprint density at radius 2 is 1.81 bits per heavy atom. The highest BCUT2D eigenvalue weighted by atomic mass is 79.9. The predicted molar refractivity (Wildman–Crippen MR) is 123 cm³/mol. The van der Waals surface area contributed by atoms with Crippen LogP contribution >= 0.6 is 15.9 Å². The van der Waals surface area contributed by atoms with Gasteiger partial charge in [0.2, 0.25) is 0 Å². The minimum absolute atomic E-state index is 0.0467. The molecule has 0 radical (unpaired) electrons. The van der Waals surface area contributed by atoms with E-state index in [0.29, 0.717) is 27.7 Å². The topological polar surface area (TPSA) is 97.5 Å². The Labute approximate surface area is 185 Å². The van der Waals surface area contributed by atoms with Crippen molar-refractivity contribution < 1.29 is 9.72 Å². The van der Waals surface area contributed by atoms with Crippen molar-refractivity contribution in [3.63, 3.8) is 0 Å². The molecule has 0 bridgehead atoms. The summed E-state index contributed by atoms with van der Waals surface area (Å²) in [5.74, 6) is -0.404.